The van der Waals surface area contributed by atoms with Crippen molar-refractivity contribution in [3.63, 3.8) is 0 Å². The minimum Gasteiger partial charge on any atom is -0.444 e. The van der Waals surface area contributed by atoms with Gasteiger partial charge in [-0.05, 0) is 46.1 Å². The van der Waals surface area contributed by atoms with E-state index in [1.165, 1.54) is 4.90 Å². The molecule has 33 heavy (non-hydrogen) atoms. The summed E-state index contributed by atoms with van der Waals surface area (Å²) in [7, 11) is 0. The van der Waals surface area contributed by atoms with E-state index in [-0.39, 0.29) is 12.5 Å². The summed E-state index contributed by atoms with van der Waals surface area (Å²) in [6, 6.07) is 5.34. The van der Waals surface area contributed by atoms with Gasteiger partial charge in [-0.25, -0.2) is 4.79 Å². The minimum atomic E-state index is -1.23. The molecule has 0 radical (unpaired) electrons. The third-order valence-electron chi connectivity index (χ3n) is 4.95. The first-order valence-electron chi connectivity index (χ1n) is 11.8. The summed E-state index contributed by atoms with van der Waals surface area (Å²) in [4.78, 5) is 40.4. The summed E-state index contributed by atoms with van der Waals surface area (Å²) in [5, 5.41) is 15.3. The van der Waals surface area contributed by atoms with Crippen LogP contribution in [0.1, 0.15) is 77.5 Å². The Balaban J connectivity index is 3.21. The van der Waals surface area contributed by atoms with E-state index < -0.39 is 36.3 Å². The number of carbonyl (C=O) groups excluding carboxylic acids is 3. The first kappa shape index (κ1) is 28.4. The zero-order valence-corrected chi connectivity index (χ0v) is 20.9. The highest BCUT2D eigenvalue weighted by atomic mass is 16.6. The van der Waals surface area contributed by atoms with E-state index in [9.17, 15) is 19.5 Å². The first-order valence-corrected chi connectivity index (χ1v) is 11.8. The Bertz CT molecular complexity index is 758. The number of ether oxygens (including phenoxy) is 1. The van der Waals surface area contributed by atoms with Gasteiger partial charge < -0.3 is 25.4 Å². The normalized spacial score (nSPS) is 13.1. The van der Waals surface area contributed by atoms with Crippen molar-refractivity contribution in [3.8, 4) is 0 Å². The van der Waals surface area contributed by atoms with Crippen LogP contribution in [-0.4, -0.2) is 59.3 Å². The Labute approximate surface area is 198 Å². The van der Waals surface area contributed by atoms with Crippen molar-refractivity contribution < 1.29 is 24.2 Å². The van der Waals surface area contributed by atoms with Gasteiger partial charge in [0.05, 0.1) is 6.61 Å². The van der Waals surface area contributed by atoms with Crippen LogP contribution in [0.5, 0.6) is 0 Å². The Morgan fingerprint density at radius 1 is 1.06 bits per heavy atom. The van der Waals surface area contributed by atoms with Crippen molar-refractivity contribution in [2.24, 2.45) is 0 Å². The fraction of sp³-hybridized carbons (Fsp3) is 0.640. The van der Waals surface area contributed by atoms with Crippen LogP contribution in [0.25, 0.3) is 0 Å². The van der Waals surface area contributed by atoms with Crippen molar-refractivity contribution in [1.82, 2.24) is 15.5 Å². The fourth-order valence-corrected chi connectivity index (χ4v) is 3.35. The van der Waals surface area contributed by atoms with Gasteiger partial charge >= 0.3 is 6.09 Å². The van der Waals surface area contributed by atoms with E-state index in [0.717, 1.165) is 24.8 Å². The maximum Gasteiger partial charge on any atom is 0.408 e. The standard InChI is InChI=1S/C25H41N3O5/c1-7-9-10-15-26-22(30)21(19-13-11-18(3)12-14-19)28(16-8-2)23(31)20(17-29)27-24(32)33-25(4,5)6/h11-14,20-21,29H,7-10,15-17H2,1-6H3,(H,26,30)(H,27,32). The third kappa shape index (κ3) is 9.82. The number of rotatable bonds is 12. The number of hydrogen-bond donors (Lipinski definition) is 3. The smallest absolute Gasteiger partial charge is 0.408 e. The van der Waals surface area contributed by atoms with Gasteiger partial charge in [0.2, 0.25) is 11.8 Å². The molecule has 0 aliphatic rings. The average molecular weight is 464 g/mol. The molecular formula is C25H41N3O5. The lowest BCUT2D eigenvalue weighted by atomic mass is 10.0. The Morgan fingerprint density at radius 3 is 2.21 bits per heavy atom. The topological polar surface area (TPSA) is 108 Å². The SMILES string of the molecule is CCCCCNC(=O)C(c1ccc(C)cc1)N(CCC)C(=O)C(CO)NC(=O)OC(C)(C)C. The molecule has 0 saturated carbocycles. The Hall–Kier alpha value is -2.61. The minimum absolute atomic E-state index is 0.284. The predicted molar refractivity (Wildman–Crippen MR) is 129 cm³/mol. The third-order valence-corrected chi connectivity index (χ3v) is 4.95. The molecule has 186 valence electrons. The molecular weight excluding hydrogens is 422 g/mol. The lowest BCUT2D eigenvalue weighted by Crippen LogP contribution is -2.54. The maximum absolute atomic E-state index is 13.4. The Kier molecular flexibility index (Phi) is 11.9. The monoisotopic (exact) mass is 463 g/mol. The zero-order valence-electron chi connectivity index (χ0n) is 20.9. The zero-order chi connectivity index (χ0) is 25.0. The lowest BCUT2D eigenvalue weighted by molar-refractivity contribution is -0.143. The molecule has 0 fully saturated rings. The second-order valence-electron chi connectivity index (χ2n) is 9.22. The summed E-state index contributed by atoms with van der Waals surface area (Å²) in [6.45, 7) is 11.3. The number of aryl methyl sites for hydroxylation is 1. The van der Waals surface area contributed by atoms with E-state index in [4.69, 9.17) is 4.74 Å². The highest BCUT2D eigenvalue weighted by molar-refractivity contribution is 5.92. The van der Waals surface area contributed by atoms with Crippen LogP contribution in [-0.2, 0) is 14.3 Å². The molecule has 0 aliphatic carbocycles. The molecule has 3 N–H and O–H groups in total. The number of unbranched alkanes of at least 4 members (excludes halogenated alkanes) is 2. The molecule has 0 aromatic heterocycles. The van der Waals surface area contributed by atoms with Gasteiger partial charge in [0.25, 0.3) is 0 Å². The van der Waals surface area contributed by atoms with Gasteiger partial charge in [-0.1, -0.05) is 56.5 Å². The highest BCUT2D eigenvalue weighted by Gasteiger charge is 2.35. The van der Waals surface area contributed by atoms with Crippen molar-refractivity contribution in [2.75, 3.05) is 19.7 Å². The number of benzene rings is 1. The van der Waals surface area contributed by atoms with Crippen LogP contribution in [0.2, 0.25) is 0 Å². The second-order valence-corrected chi connectivity index (χ2v) is 9.22. The van der Waals surface area contributed by atoms with Gasteiger partial charge in [-0.3, -0.25) is 9.59 Å². The van der Waals surface area contributed by atoms with Gasteiger partial charge in [-0.15, -0.1) is 0 Å². The number of nitrogens with zero attached hydrogens (tertiary/aromatic N) is 1. The molecule has 0 bridgehead atoms. The van der Waals surface area contributed by atoms with Gasteiger partial charge in [0.15, 0.2) is 0 Å². The number of alkyl carbamates (subject to hydrolysis) is 1. The number of hydrogen-bond acceptors (Lipinski definition) is 5. The molecule has 2 atom stereocenters. The maximum atomic E-state index is 13.4. The number of nitrogens with one attached hydrogen (secondary N) is 2. The van der Waals surface area contributed by atoms with Crippen LogP contribution in [0, 0.1) is 6.92 Å². The van der Waals surface area contributed by atoms with Crippen molar-refractivity contribution in [3.05, 3.63) is 35.4 Å². The summed E-state index contributed by atoms with van der Waals surface area (Å²) >= 11 is 0. The van der Waals surface area contributed by atoms with E-state index in [0.29, 0.717) is 18.5 Å². The second kappa shape index (κ2) is 13.8. The molecule has 3 amide bonds. The number of carbonyl (C=O) groups is 3. The van der Waals surface area contributed by atoms with Gasteiger partial charge in [0.1, 0.15) is 17.7 Å². The molecule has 1 aromatic carbocycles. The van der Waals surface area contributed by atoms with E-state index >= 15 is 0 Å². The highest BCUT2D eigenvalue weighted by Crippen LogP contribution is 2.23. The van der Waals surface area contributed by atoms with E-state index in [2.05, 4.69) is 17.6 Å². The molecule has 1 rings (SSSR count). The number of aliphatic hydroxyl groups excluding tert-OH is 1. The van der Waals surface area contributed by atoms with Crippen molar-refractivity contribution in [1.29, 1.82) is 0 Å². The molecule has 1 aromatic rings. The average Bonchev–Trinajstić information content (AvgIpc) is 2.74. The number of aliphatic hydroxyl groups is 1. The lowest BCUT2D eigenvalue weighted by Gasteiger charge is -2.34. The van der Waals surface area contributed by atoms with Crippen LogP contribution in [0.15, 0.2) is 24.3 Å². The molecule has 8 heteroatoms. The van der Waals surface area contributed by atoms with Gasteiger partial charge in [-0.2, -0.15) is 0 Å². The summed E-state index contributed by atoms with van der Waals surface area (Å²) in [5.41, 5.74) is 0.956. The summed E-state index contributed by atoms with van der Waals surface area (Å²) in [5.74, 6) is -0.829. The Morgan fingerprint density at radius 2 is 1.70 bits per heavy atom. The van der Waals surface area contributed by atoms with Gasteiger partial charge in [0, 0.05) is 13.1 Å². The molecule has 0 spiro atoms. The van der Waals surface area contributed by atoms with E-state index in [1.807, 2.05) is 38.1 Å². The van der Waals surface area contributed by atoms with E-state index in [1.54, 1.807) is 20.8 Å². The largest absolute Gasteiger partial charge is 0.444 e. The molecule has 2 unspecified atom stereocenters. The quantitative estimate of drug-likeness (QED) is 0.412. The van der Waals surface area contributed by atoms with Crippen molar-refractivity contribution in [2.45, 2.75) is 84.9 Å². The summed E-state index contributed by atoms with van der Waals surface area (Å²) < 4.78 is 5.23. The summed E-state index contributed by atoms with van der Waals surface area (Å²) in [6.07, 6.45) is 2.68. The molecule has 0 heterocycles. The van der Waals surface area contributed by atoms with Crippen molar-refractivity contribution >= 4 is 17.9 Å². The fourth-order valence-electron chi connectivity index (χ4n) is 3.35. The molecule has 8 nitrogen and oxygen atoms in total. The van der Waals surface area contributed by atoms with Crippen LogP contribution in [0.3, 0.4) is 0 Å². The molecule has 0 saturated heterocycles. The molecule has 0 aliphatic heterocycles. The van der Waals surface area contributed by atoms with Crippen LogP contribution >= 0.6 is 0 Å². The number of amides is 3. The predicted octanol–water partition coefficient (Wildman–Crippen LogP) is 3.47. The van der Waals surface area contributed by atoms with Crippen LogP contribution in [0.4, 0.5) is 4.79 Å². The van der Waals surface area contributed by atoms with Crippen LogP contribution < -0.4 is 10.6 Å². The first-order chi connectivity index (χ1) is 15.5.